The molecule has 1 aromatic rings. The van der Waals surface area contributed by atoms with Crippen molar-refractivity contribution in [3.8, 4) is 0 Å². The average molecular weight is 360 g/mol. The summed E-state index contributed by atoms with van der Waals surface area (Å²) in [7, 11) is 0. The largest absolute Gasteiger partial charge is 0.324 e. The van der Waals surface area contributed by atoms with Crippen LogP contribution in [0, 0.1) is 0 Å². The second kappa shape index (κ2) is 7.20. The zero-order chi connectivity index (χ0) is 14.5. The van der Waals surface area contributed by atoms with Crippen molar-refractivity contribution < 1.29 is 9.59 Å². The van der Waals surface area contributed by atoms with Crippen LogP contribution in [-0.4, -0.2) is 36.2 Å². The molecule has 1 aliphatic rings. The van der Waals surface area contributed by atoms with Gasteiger partial charge in [0.25, 0.3) is 0 Å². The summed E-state index contributed by atoms with van der Waals surface area (Å²) in [6.45, 7) is 1.00. The molecule has 1 heterocycles. The molecule has 0 spiro atoms. The topological polar surface area (TPSA) is 49.4 Å². The number of halogens is 2. The summed E-state index contributed by atoms with van der Waals surface area (Å²) in [4.78, 5) is 25.0. The van der Waals surface area contributed by atoms with E-state index in [-0.39, 0.29) is 18.5 Å². The number of hydrogen-bond acceptors (Lipinski definition) is 3. The molecular formula is C14H16BrClN2O2. The lowest BCUT2D eigenvalue weighted by Crippen LogP contribution is -2.44. The van der Waals surface area contributed by atoms with Crippen molar-refractivity contribution in [2.75, 3.05) is 18.4 Å². The standard InChI is InChI=1S/C14H16BrClN2O2/c15-10-4-5-13(12(16)7-10)17-14(20)8-18-6-2-1-3-11(18)9-19/h4-5,7,9,11H,1-3,6,8H2,(H,17,20). The first-order valence-electron chi connectivity index (χ1n) is 6.54. The number of piperidine rings is 1. The van der Waals surface area contributed by atoms with Crippen molar-refractivity contribution in [2.45, 2.75) is 25.3 Å². The maximum Gasteiger partial charge on any atom is 0.238 e. The molecule has 1 N–H and O–H groups in total. The molecule has 0 bridgehead atoms. The molecule has 0 aromatic heterocycles. The third kappa shape index (κ3) is 4.04. The van der Waals surface area contributed by atoms with Crippen LogP contribution in [0.4, 0.5) is 5.69 Å². The number of carbonyl (C=O) groups is 2. The fourth-order valence-electron chi connectivity index (χ4n) is 2.33. The van der Waals surface area contributed by atoms with E-state index in [0.29, 0.717) is 10.7 Å². The highest BCUT2D eigenvalue weighted by atomic mass is 79.9. The molecule has 1 atom stereocenters. The number of nitrogens with one attached hydrogen (secondary N) is 1. The molecule has 108 valence electrons. The number of aldehydes is 1. The normalized spacial score (nSPS) is 19.6. The van der Waals surface area contributed by atoms with Gasteiger partial charge in [-0.05, 0) is 37.6 Å². The molecule has 2 rings (SSSR count). The Kier molecular flexibility index (Phi) is 5.57. The maximum atomic E-state index is 12.0. The maximum absolute atomic E-state index is 12.0. The molecule has 0 aliphatic carbocycles. The Hall–Kier alpha value is -0.910. The number of hydrogen-bond donors (Lipinski definition) is 1. The Labute approximate surface area is 131 Å². The van der Waals surface area contributed by atoms with Crippen LogP contribution in [0.5, 0.6) is 0 Å². The lowest BCUT2D eigenvalue weighted by molar-refractivity contribution is -0.120. The molecule has 1 aromatic carbocycles. The zero-order valence-electron chi connectivity index (χ0n) is 10.9. The first-order valence-corrected chi connectivity index (χ1v) is 7.71. The van der Waals surface area contributed by atoms with E-state index in [0.717, 1.165) is 36.6 Å². The summed E-state index contributed by atoms with van der Waals surface area (Å²) >= 11 is 9.37. The minimum atomic E-state index is -0.150. The Balaban J connectivity index is 1.96. The van der Waals surface area contributed by atoms with Gasteiger partial charge in [-0.2, -0.15) is 0 Å². The lowest BCUT2D eigenvalue weighted by atomic mass is 10.0. The first kappa shape index (κ1) is 15.5. The van der Waals surface area contributed by atoms with E-state index < -0.39 is 0 Å². The zero-order valence-corrected chi connectivity index (χ0v) is 13.3. The quantitative estimate of drug-likeness (QED) is 0.841. The van der Waals surface area contributed by atoms with E-state index in [2.05, 4.69) is 21.2 Å². The molecule has 6 heteroatoms. The number of rotatable bonds is 4. The van der Waals surface area contributed by atoms with Crippen LogP contribution >= 0.6 is 27.5 Å². The van der Waals surface area contributed by atoms with Gasteiger partial charge in [0.2, 0.25) is 5.91 Å². The van der Waals surface area contributed by atoms with Gasteiger partial charge in [-0.1, -0.05) is 34.0 Å². The predicted molar refractivity (Wildman–Crippen MR) is 83.1 cm³/mol. The minimum Gasteiger partial charge on any atom is -0.324 e. The smallest absolute Gasteiger partial charge is 0.238 e. The summed E-state index contributed by atoms with van der Waals surface area (Å²) in [6.07, 6.45) is 3.82. The van der Waals surface area contributed by atoms with Crippen LogP contribution in [0.15, 0.2) is 22.7 Å². The summed E-state index contributed by atoms with van der Waals surface area (Å²) in [5.74, 6) is -0.150. The van der Waals surface area contributed by atoms with Gasteiger partial charge in [0.05, 0.1) is 23.3 Å². The van der Waals surface area contributed by atoms with Gasteiger partial charge in [0.15, 0.2) is 0 Å². The second-order valence-corrected chi connectivity index (χ2v) is 6.16. The van der Waals surface area contributed by atoms with Crippen molar-refractivity contribution in [3.05, 3.63) is 27.7 Å². The average Bonchev–Trinajstić information content (AvgIpc) is 2.42. The Morgan fingerprint density at radius 2 is 2.30 bits per heavy atom. The van der Waals surface area contributed by atoms with Crippen molar-refractivity contribution >= 4 is 45.4 Å². The van der Waals surface area contributed by atoms with Crippen molar-refractivity contribution in [1.29, 1.82) is 0 Å². The van der Waals surface area contributed by atoms with Crippen LogP contribution in [0.1, 0.15) is 19.3 Å². The highest BCUT2D eigenvalue weighted by molar-refractivity contribution is 9.10. The van der Waals surface area contributed by atoms with Crippen molar-refractivity contribution in [3.63, 3.8) is 0 Å². The summed E-state index contributed by atoms with van der Waals surface area (Å²) in [5, 5.41) is 3.26. The molecule has 1 aliphatic heterocycles. The summed E-state index contributed by atoms with van der Waals surface area (Å²) in [6, 6.07) is 5.15. The van der Waals surface area contributed by atoms with Crippen molar-refractivity contribution in [2.24, 2.45) is 0 Å². The third-order valence-corrected chi connectivity index (χ3v) is 4.18. The number of likely N-dealkylation sites (tertiary alicyclic amines) is 1. The molecule has 1 amide bonds. The van der Waals surface area contributed by atoms with Crippen LogP contribution in [0.25, 0.3) is 0 Å². The Morgan fingerprint density at radius 3 is 3.00 bits per heavy atom. The predicted octanol–water partition coefficient (Wildman–Crippen LogP) is 3.09. The number of carbonyl (C=O) groups excluding carboxylic acids is 2. The Morgan fingerprint density at radius 1 is 1.50 bits per heavy atom. The van der Waals surface area contributed by atoms with Crippen molar-refractivity contribution in [1.82, 2.24) is 4.90 Å². The van der Waals surface area contributed by atoms with Gasteiger partial charge in [0, 0.05) is 4.47 Å². The number of anilines is 1. The van der Waals surface area contributed by atoms with E-state index in [4.69, 9.17) is 11.6 Å². The molecular weight excluding hydrogens is 344 g/mol. The summed E-state index contributed by atoms with van der Waals surface area (Å²) < 4.78 is 0.859. The van der Waals surface area contributed by atoms with Gasteiger partial charge < -0.3 is 10.1 Å². The molecule has 0 radical (unpaired) electrons. The molecule has 1 saturated heterocycles. The number of amides is 1. The summed E-state index contributed by atoms with van der Waals surface area (Å²) in [5.41, 5.74) is 0.583. The highest BCUT2D eigenvalue weighted by Gasteiger charge is 2.23. The van der Waals surface area contributed by atoms with E-state index in [1.807, 2.05) is 11.0 Å². The Bertz CT molecular complexity index is 510. The van der Waals surface area contributed by atoms with E-state index in [9.17, 15) is 9.59 Å². The SMILES string of the molecule is O=CC1CCCCN1CC(=O)Nc1ccc(Br)cc1Cl. The fourth-order valence-corrected chi connectivity index (χ4v) is 3.05. The molecule has 4 nitrogen and oxygen atoms in total. The van der Waals surface area contributed by atoms with Gasteiger partial charge in [-0.3, -0.25) is 9.69 Å². The van der Waals surface area contributed by atoms with Gasteiger partial charge in [-0.25, -0.2) is 0 Å². The third-order valence-electron chi connectivity index (χ3n) is 3.37. The van der Waals surface area contributed by atoms with Crippen LogP contribution in [0.2, 0.25) is 5.02 Å². The van der Waals surface area contributed by atoms with Crippen LogP contribution in [0.3, 0.4) is 0 Å². The highest BCUT2D eigenvalue weighted by Crippen LogP contribution is 2.25. The van der Waals surface area contributed by atoms with E-state index >= 15 is 0 Å². The molecule has 20 heavy (non-hydrogen) atoms. The minimum absolute atomic E-state index is 0.144. The van der Waals surface area contributed by atoms with Crippen LogP contribution < -0.4 is 5.32 Å². The van der Waals surface area contributed by atoms with E-state index in [1.54, 1.807) is 12.1 Å². The fraction of sp³-hybridized carbons (Fsp3) is 0.429. The lowest BCUT2D eigenvalue weighted by Gasteiger charge is -2.31. The second-order valence-electron chi connectivity index (χ2n) is 4.84. The molecule has 1 fully saturated rings. The number of nitrogens with zero attached hydrogens (tertiary/aromatic N) is 1. The van der Waals surface area contributed by atoms with Gasteiger partial charge >= 0.3 is 0 Å². The number of benzene rings is 1. The molecule has 0 saturated carbocycles. The molecule has 1 unspecified atom stereocenters. The van der Waals surface area contributed by atoms with Crippen LogP contribution in [-0.2, 0) is 9.59 Å². The first-order chi connectivity index (χ1) is 9.60. The van der Waals surface area contributed by atoms with Gasteiger partial charge in [0.1, 0.15) is 6.29 Å². The van der Waals surface area contributed by atoms with E-state index in [1.165, 1.54) is 0 Å². The monoisotopic (exact) mass is 358 g/mol. The van der Waals surface area contributed by atoms with Gasteiger partial charge in [-0.15, -0.1) is 0 Å².